The van der Waals surface area contributed by atoms with E-state index in [2.05, 4.69) is 16.4 Å². The average molecular weight is 216 g/mol. The quantitative estimate of drug-likeness (QED) is 0.804. The van der Waals surface area contributed by atoms with Crippen molar-refractivity contribution in [2.75, 3.05) is 6.54 Å². The molecule has 1 saturated heterocycles. The monoisotopic (exact) mass is 216 g/mol. The van der Waals surface area contributed by atoms with E-state index in [-0.39, 0.29) is 12.2 Å². The molecule has 0 radical (unpaired) electrons. The Balaban J connectivity index is 1.86. The number of aromatic amines is 1. The molecule has 0 aliphatic carbocycles. The van der Waals surface area contributed by atoms with Gasteiger partial charge in [0.2, 0.25) is 0 Å². The molecule has 1 fully saturated rings. The zero-order valence-corrected chi connectivity index (χ0v) is 8.69. The Labute approximate surface area is 92.6 Å². The number of ether oxygens (including phenoxy) is 1. The number of amides is 1. The van der Waals surface area contributed by atoms with Crippen LogP contribution >= 0.6 is 0 Å². The number of benzene rings is 1. The second-order valence-electron chi connectivity index (χ2n) is 3.97. The first-order valence-electron chi connectivity index (χ1n) is 5.32. The van der Waals surface area contributed by atoms with Gasteiger partial charge in [-0.3, -0.25) is 0 Å². The van der Waals surface area contributed by atoms with Crippen molar-refractivity contribution in [3.63, 3.8) is 0 Å². The van der Waals surface area contributed by atoms with Crippen molar-refractivity contribution in [3.05, 3.63) is 36.0 Å². The van der Waals surface area contributed by atoms with Crippen LogP contribution in [0.25, 0.3) is 10.9 Å². The molecule has 2 aromatic rings. The Hall–Kier alpha value is -1.97. The van der Waals surface area contributed by atoms with Crippen LogP contribution in [0.3, 0.4) is 0 Å². The van der Waals surface area contributed by atoms with Crippen molar-refractivity contribution in [2.45, 2.75) is 12.5 Å². The van der Waals surface area contributed by atoms with Crippen molar-refractivity contribution >= 4 is 17.0 Å². The topological polar surface area (TPSA) is 54.1 Å². The Kier molecular flexibility index (Phi) is 2.06. The standard InChI is InChI=1S/C12H12N2O2/c15-12-14-7-9(16-12)5-8-6-13-11-4-2-1-3-10(8)11/h1-4,6,9,13H,5,7H2,(H,14,15). The molecule has 1 unspecified atom stereocenters. The van der Waals surface area contributed by atoms with E-state index in [1.807, 2.05) is 24.4 Å². The highest BCUT2D eigenvalue weighted by molar-refractivity contribution is 5.83. The molecule has 0 spiro atoms. The zero-order chi connectivity index (χ0) is 11.0. The Morgan fingerprint density at radius 2 is 2.25 bits per heavy atom. The number of fused-ring (bicyclic) bond motifs is 1. The molecule has 0 saturated carbocycles. The van der Waals surface area contributed by atoms with Crippen molar-refractivity contribution in [1.29, 1.82) is 0 Å². The van der Waals surface area contributed by atoms with Crippen LogP contribution in [0.2, 0.25) is 0 Å². The highest BCUT2D eigenvalue weighted by Gasteiger charge is 2.23. The van der Waals surface area contributed by atoms with E-state index in [9.17, 15) is 4.79 Å². The number of hydrogen-bond acceptors (Lipinski definition) is 2. The summed E-state index contributed by atoms with van der Waals surface area (Å²) in [4.78, 5) is 14.1. The van der Waals surface area contributed by atoms with E-state index in [4.69, 9.17) is 4.74 Å². The number of para-hydroxylation sites is 1. The third kappa shape index (κ3) is 1.52. The van der Waals surface area contributed by atoms with E-state index < -0.39 is 0 Å². The van der Waals surface area contributed by atoms with E-state index >= 15 is 0 Å². The third-order valence-corrected chi connectivity index (χ3v) is 2.87. The van der Waals surface area contributed by atoms with Gasteiger partial charge in [0.25, 0.3) is 0 Å². The van der Waals surface area contributed by atoms with Gasteiger partial charge >= 0.3 is 6.09 Å². The number of aromatic nitrogens is 1. The van der Waals surface area contributed by atoms with Gasteiger partial charge in [-0.05, 0) is 11.6 Å². The predicted octanol–water partition coefficient (Wildman–Crippen LogP) is 1.82. The lowest BCUT2D eigenvalue weighted by atomic mass is 10.1. The first kappa shape index (κ1) is 9.27. The van der Waals surface area contributed by atoms with Crippen molar-refractivity contribution < 1.29 is 9.53 Å². The molecule has 0 bridgehead atoms. The third-order valence-electron chi connectivity index (χ3n) is 2.87. The second-order valence-corrected chi connectivity index (χ2v) is 3.97. The summed E-state index contributed by atoms with van der Waals surface area (Å²) in [5.74, 6) is 0. The van der Waals surface area contributed by atoms with E-state index in [0.717, 1.165) is 11.9 Å². The van der Waals surface area contributed by atoms with Crippen molar-refractivity contribution in [3.8, 4) is 0 Å². The maximum atomic E-state index is 10.9. The number of rotatable bonds is 2. The van der Waals surface area contributed by atoms with Gasteiger partial charge in [0.1, 0.15) is 6.10 Å². The van der Waals surface area contributed by atoms with Crippen LogP contribution in [0.5, 0.6) is 0 Å². The first-order chi connectivity index (χ1) is 7.83. The van der Waals surface area contributed by atoms with Gasteiger partial charge in [0.15, 0.2) is 0 Å². The summed E-state index contributed by atoms with van der Waals surface area (Å²) in [7, 11) is 0. The molecule has 1 atom stereocenters. The molecule has 1 aliphatic heterocycles. The number of hydrogen-bond donors (Lipinski definition) is 2. The van der Waals surface area contributed by atoms with Gasteiger partial charge in [-0.2, -0.15) is 0 Å². The Bertz CT molecular complexity index is 533. The normalized spacial score (nSPS) is 19.8. The van der Waals surface area contributed by atoms with Gasteiger partial charge in [-0.1, -0.05) is 18.2 Å². The minimum absolute atomic E-state index is 0.0493. The number of carbonyl (C=O) groups is 1. The van der Waals surface area contributed by atoms with Crippen LogP contribution in [-0.4, -0.2) is 23.7 Å². The molecule has 1 amide bonds. The lowest BCUT2D eigenvalue weighted by molar-refractivity contribution is 0.140. The number of nitrogens with one attached hydrogen (secondary N) is 2. The zero-order valence-electron chi connectivity index (χ0n) is 8.69. The van der Waals surface area contributed by atoms with Crippen molar-refractivity contribution in [2.24, 2.45) is 0 Å². The Morgan fingerprint density at radius 3 is 3.06 bits per heavy atom. The minimum Gasteiger partial charge on any atom is -0.444 e. The smallest absolute Gasteiger partial charge is 0.407 e. The van der Waals surface area contributed by atoms with E-state index in [0.29, 0.717) is 6.54 Å². The van der Waals surface area contributed by atoms with Gasteiger partial charge < -0.3 is 15.0 Å². The number of alkyl carbamates (subject to hydrolysis) is 1. The molecule has 3 rings (SSSR count). The minimum atomic E-state index is -0.315. The summed E-state index contributed by atoms with van der Waals surface area (Å²) >= 11 is 0. The summed E-state index contributed by atoms with van der Waals surface area (Å²) in [6.07, 6.45) is 2.37. The van der Waals surface area contributed by atoms with Crippen LogP contribution in [0.1, 0.15) is 5.56 Å². The fourth-order valence-electron chi connectivity index (χ4n) is 2.09. The van der Waals surface area contributed by atoms with Gasteiger partial charge in [0.05, 0.1) is 6.54 Å². The maximum absolute atomic E-state index is 10.9. The lowest BCUT2D eigenvalue weighted by Crippen LogP contribution is -2.16. The molecule has 2 heterocycles. The summed E-state index contributed by atoms with van der Waals surface area (Å²) < 4.78 is 5.12. The molecule has 4 nitrogen and oxygen atoms in total. The Morgan fingerprint density at radius 1 is 1.38 bits per heavy atom. The summed E-state index contributed by atoms with van der Waals surface area (Å²) in [6, 6.07) is 8.13. The van der Waals surface area contributed by atoms with Crippen LogP contribution in [0, 0.1) is 0 Å². The van der Waals surface area contributed by atoms with Crippen LogP contribution in [0.15, 0.2) is 30.5 Å². The largest absolute Gasteiger partial charge is 0.444 e. The van der Waals surface area contributed by atoms with Crippen LogP contribution in [-0.2, 0) is 11.2 Å². The lowest BCUT2D eigenvalue weighted by Gasteiger charge is -2.05. The number of carbonyl (C=O) groups excluding carboxylic acids is 1. The molecule has 4 heteroatoms. The average Bonchev–Trinajstić information content (AvgIpc) is 2.87. The molecule has 16 heavy (non-hydrogen) atoms. The second kappa shape index (κ2) is 3.56. The SMILES string of the molecule is O=C1NCC(Cc2c[nH]c3ccccc23)O1. The fourth-order valence-corrected chi connectivity index (χ4v) is 2.09. The van der Waals surface area contributed by atoms with E-state index in [1.54, 1.807) is 0 Å². The predicted molar refractivity (Wildman–Crippen MR) is 60.3 cm³/mol. The fraction of sp³-hybridized carbons (Fsp3) is 0.250. The molecule has 1 aliphatic rings. The molecule has 82 valence electrons. The van der Waals surface area contributed by atoms with Crippen LogP contribution < -0.4 is 5.32 Å². The van der Waals surface area contributed by atoms with Crippen molar-refractivity contribution in [1.82, 2.24) is 10.3 Å². The molecule has 1 aromatic heterocycles. The highest BCUT2D eigenvalue weighted by Crippen LogP contribution is 2.20. The molecule has 2 N–H and O–H groups in total. The van der Waals surface area contributed by atoms with E-state index in [1.165, 1.54) is 10.9 Å². The molecular weight excluding hydrogens is 204 g/mol. The summed E-state index contributed by atoms with van der Waals surface area (Å²) in [5, 5.41) is 3.86. The maximum Gasteiger partial charge on any atom is 0.407 e. The molecular formula is C12H12N2O2. The number of H-pyrrole nitrogens is 1. The number of cyclic esters (lactones) is 1. The summed E-state index contributed by atoms with van der Waals surface area (Å²) in [6.45, 7) is 0.596. The molecule has 1 aromatic carbocycles. The van der Waals surface area contributed by atoms with Gasteiger partial charge in [0, 0.05) is 23.5 Å². The summed E-state index contributed by atoms with van der Waals surface area (Å²) in [5.41, 5.74) is 2.31. The van der Waals surface area contributed by atoms with Gasteiger partial charge in [-0.15, -0.1) is 0 Å². The van der Waals surface area contributed by atoms with Gasteiger partial charge in [-0.25, -0.2) is 4.79 Å². The first-order valence-corrected chi connectivity index (χ1v) is 5.32. The highest BCUT2D eigenvalue weighted by atomic mass is 16.6. The van der Waals surface area contributed by atoms with Crippen LogP contribution in [0.4, 0.5) is 4.79 Å².